The molecule has 2 amide bonds. The van der Waals surface area contributed by atoms with Crippen LogP contribution in [0.5, 0.6) is 0 Å². The standard InChI is InChI=1S/C23H30N2O2/c1-17(2)24-23(27)19(4)25(15-14-20-11-6-5-7-12-20)22(26)16-21-13-9-8-10-18(21)3/h5-13,17,19H,14-16H2,1-4H3,(H,24,27)/t19-/m1/s1. The largest absolute Gasteiger partial charge is 0.352 e. The van der Waals surface area contributed by atoms with Gasteiger partial charge in [-0.15, -0.1) is 0 Å². The van der Waals surface area contributed by atoms with Crippen LogP contribution in [0.4, 0.5) is 0 Å². The monoisotopic (exact) mass is 366 g/mol. The van der Waals surface area contributed by atoms with Crippen molar-refractivity contribution in [1.82, 2.24) is 10.2 Å². The van der Waals surface area contributed by atoms with Gasteiger partial charge >= 0.3 is 0 Å². The number of carbonyl (C=O) groups excluding carboxylic acids is 2. The molecule has 1 N–H and O–H groups in total. The Morgan fingerprint density at radius 3 is 2.22 bits per heavy atom. The van der Waals surface area contributed by atoms with Gasteiger partial charge in [-0.1, -0.05) is 54.6 Å². The second kappa shape index (κ2) is 9.91. The Hall–Kier alpha value is -2.62. The van der Waals surface area contributed by atoms with Crippen LogP contribution in [0, 0.1) is 6.92 Å². The lowest BCUT2D eigenvalue weighted by atomic mass is 10.0. The molecule has 0 bridgehead atoms. The third-order valence-electron chi connectivity index (χ3n) is 4.69. The summed E-state index contributed by atoms with van der Waals surface area (Å²) >= 11 is 0. The molecule has 1 atom stereocenters. The summed E-state index contributed by atoms with van der Waals surface area (Å²) in [5.74, 6) is -0.136. The van der Waals surface area contributed by atoms with Crippen LogP contribution in [0.1, 0.15) is 37.5 Å². The van der Waals surface area contributed by atoms with Crippen molar-refractivity contribution < 1.29 is 9.59 Å². The van der Waals surface area contributed by atoms with Crippen LogP contribution < -0.4 is 5.32 Å². The Morgan fingerprint density at radius 1 is 0.963 bits per heavy atom. The van der Waals surface area contributed by atoms with Gasteiger partial charge in [0.15, 0.2) is 0 Å². The third kappa shape index (κ3) is 6.24. The molecule has 0 aliphatic carbocycles. The van der Waals surface area contributed by atoms with Crippen LogP contribution in [0.2, 0.25) is 0 Å². The predicted octanol–water partition coefficient (Wildman–Crippen LogP) is 3.52. The van der Waals surface area contributed by atoms with Crippen LogP contribution >= 0.6 is 0 Å². The minimum Gasteiger partial charge on any atom is -0.352 e. The van der Waals surface area contributed by atoms with E-state index in [0.29, 0.717) is 13.0 Å². The lowest BCUT2D eigenvalue weighted by molar-refractivity contribution is -0.139. The molecule has 144 valence electrons. The highest BCUT2D eigenvalue weighted by Gasteiger charge is 2.26. The summed E-state index contributed by atoms with van der Waals surface area (Å²) in [7, 11) is 0. The van der Waals surface area contributed by atoms with Crippen molar-refractivity contribution in [2.75, 3.05) is 6.54 Å². The second-order valence-electron chi connectivity index (χ2n) is 7.27. The molecule has 4 nitrogen and oxygen atoms in total. The molecule has 2 aromatic rings. The summed E-state index contributed by atoms with van der Waals surface area (Å²) < 4.78 is 0. The second-order valence-corrected chi connectivity index (χ2v) is 7.27. The number of nitrogens with one attached hydrogen (secondary N) is 1. The van der Waals surface area contributed by atoms with Gasteiger partial charge in [0.05, 0.1) is 6.42 Å². The molecule has 0 aromatic heterocycles. The highest BCUT2D eigenvalue weighted by atomic mass is 16.2. The van der Waals surface area contributed by atoms with Gasteiger partial charge in [0.1, 0.15) is 6.04 Å². The van der Waals surface area contributed by atoms with Gasteiger partial charge in [-0.2, -0.15) is 0 Å². The lowest BCUT2D eigenvalue weighted by Crippen LogP contribution is -2.50. The van der Waals surface area contributed by atoms with E-state index in [1.807, 2.05) is 75.4 Å². The first-order valence-corrected chi connectivity index (χ1v) is 9.56. The summed E-state index contributed by atoms with van der Waals surface area (Å²) in [4.78, 5) is 27.3. The molecule has 2 aromatic carbocycles. The number of hydrogen-bond donors (Lipinski definition) is 1. The molecule has 0 unspecified atom stereocenters. The highest BCUT2D eigenvalue weighted by Crippen LogP contribution is 2.12. The van der Waals surface area contributed by atoms with E-state index in [-0.39, 0.29) is 17.9 Å². The van der Waals surface area contributed by atoms with Crippen molar-refractivity contribution in [2.45, 2.75) is 52.6 Å². The summed E-state index contributed by atoms with van der Waals surface area (Å²) in [6.07, 6.45) is 1.03. The van der Waals surface area contributed by atoms with Crippen molar-refractivity contribution in [3.05, 3.63) is 71.3 Å². The summed E-state index contributed by atoms with van der Waals surface area (Å²) in [5, 5.41) is 2.92. The predicted molar refractivity (Wildman–Crippen MR) is 109 cm³/mol. The van der Waals surface area contributed by atoms with Crippen molar-refractivity contribution in [3.63, 3.8) is 0 Å². The molecule has 0 aliphatic heterocycles. The number of rotatable bonds is 8. The molecule has 0 aliphatic rings. The van der Waals surface area contributed by atoms with Gasteiger partial charge in [0.2, 0.25) is 11.8 Å². The molecule has 0 radical (unpaired) electrons. The van der Waals surface area contributed by atoms with E-state index in [1.54, 1.807) is 11.8 Å². The molecule has 0 saturated carbocycles. The summed E-state index contributed by atoms with van der Waals surface area (Å²) in [5.41, 5.74) is 3.25. The average molecular weight is 367 g/mol. The van der Waals surface area contributed by atoms with E-state index >= 15 is 0 Å². The maximum absolute atomic E-state index is 13.1. The Balaban J connectivity index is 2.15. The highest BCUT2D eigenvalue weighted by molar-refractivity contribution is 5.88. The molecular weight excluding hydrogens is 336 g/mol. The van der Waals surface area contributed by atoms with Gasteiger partial charge < -0.3 is 10.2 Å². The Labute approximate surface area is 162 Å². The molecule has 4 heteroatoms. The van der Waals surface area contributed by atoms with Gasteiger partial charge in [-0.05, 0) is 50.8 Å². The van der Waals surface area contributed by atoms with Crippen LogP contribution in [-0.4, -0.2) is 35.3 Å². The van der Waals surface area contributed by atoms with Gasteiger partial charge in [-0.25, -0.2) is 0 Å². The fraction of sp³-hybridized carbons (Fsp3) is 0.391. The molecule has 2 rings (SSSR count). The summed E-state index contributed by atoms with van der Waals surface area (Å²) in [6, 6.07) is 17.5. The number of carbonyl (C=O) groups is 2. The van der Waals surface area contributed by atoms with Gasteiger partial charge in [0.25, 0.3) is 0 Å². The van der Waals surface area contributed by atoms with E-state index < -0.39 is 6.04 Å². The van der Waals surface area contributed by atoms with E-state index in [9.17, 15) is 9.59 Å². The maximum atomic E-state index is 13.1. The molecule has 0 fully saturated rings. The van der Waals surface area contributed by atoms with Crippen LogP contribution in [-0.2, 0) is 22.4 Å². The first-order chi connectivity index (χ1) is 12.9. The van der Waals surface area contributed by atoms with Crippen LogP contribution in [0.25, 0.3) is 0 Å². The Morgan fingerprint density at radius 2 is 1.59 bits per heavy atom. The smallest absolute Gasteiger partial charge is 0.242 e. The zero-order valence-corrected chi connectivity index (χ0v) is 16.7. The number of benzene rings is 2. The quantitative estimate of drug-likeness (QED) is 0.777. The minimum absolute atomic E-state index is 0.0216. The number of amides is 2. The maximum Gasteiger partial charge on any atom is 0.242 e. The molecule has 27 heavy (non-hydrogen) atoms. The normalized spacial score (nSPS) is 11.9. The van der Waals surface area contributed by atoms with Crippen molar-refractivity contribution in [3.8, 4) is 0 Å². The molecule has 0 spiro atoms. The van der Waals surface area contributed by atoms with E-state index in [4.69, 9.17) is 0 Å². The zero-order valence-electron chi connectivity index (χ0n) is 16.7. The molecule has 0 saturated heterocycles. The van der Waals surface area contributed by atoms with Crippen LogP contribution in [0.3, 0.4) is 0 Å². The Kier molecular flexibility index (Phi) is 7.59. The number of hydrogen-bond acceptors (Lipinski definition) is 2. The fourth-order valence-corrected chi connectivity index (χ4v) is 3.05. The SMILES string of the molecule is Cc1ccccc1CC(=O)N(CCc1ccccc1)[C@H](C)C(=O)NC(C)C. The topological polar surface area (TPSA) is 49.4 Å². The first kappa shape index (κ1) is 20.7. The van der Waals surface area contributed by atoms with Crippen LogP contribution in [0.15, 0.2) is 54.6 Å². The van der Waals surface area contributed by atoms with Crippen molar-refractivity contribution in [1.29, 1.82) is 0 Å². The first-order valence-electron chi connectivity index (χ1n) is 9.56. The Bertz CT molecular complexity index is 756. The zero-order chi connectivity index (χ0) is 19.8. The number of aryl methyl sites for hydroxylation is 1. The minimum atomic E-state index is -0.507. The van der Waals surface area contributed by atoms with Gasteiger partial charge in [0, 0.05) is 12.6 Å². The van der Waals surface area contributed by atoms with Crippen molar-refractivity contribution >= 4 is 11.8 Å². The van der Waals surface area contributed by atoms with Gasteiger partial charge in [-0.3, -0.25) is 9.59 Å². The third-order valence-corrected chi connectivity index (χ3v) is 4.69. The fourth-order valence-electron chi connectivity index (χ4n) is 3.05. The molecule has 0 heterocycles. The van der Waals surface area contributed by atoms with E-state index in [0.717, 1.165) is 23.1 Å². The number of nitrogens with zero attached hydrogens (tertiary/aromatic N) is 1. The molecular formula is C23H30N2O2. The average Bonchev–Trinajstić information content (AvgIpc) is 2.64. The van der Waals surface area contributed by atoms with Crippen molar-refractivity contribution in [2.24, 2.45) is 0 Å². The summed E-state index contributed by atoms with van der Waals surface area (Å²) in [6.45, 7) is 8.17. The van der Waals surface area contributed by atoms with E-state index in [1.165, 1.54) is 0 Å². The lowest BCUT2D eigenvalue weighted by Gasteiger charge is -2.29. The van der Waals surface area contributed by atoms with E-state index in [2.05, 4.69) is 5.32 Å².